The van der Waals surface area contributed by atoms with E-state index in [4.69, 9.17) is 14.2 Å². The number of ether oxygens (including phenoxy) is 3. The highest BCUT2D eigenvalue weighted by Gasteiger charge is 2.19. The van der Waals surface area contributed by atoms with Crippen molar-refractivity contribution in [3.05, 3.63) is 29.8 Å². The summed E-state index contributed by atoms with van der Waals surface area (Å²) in [7, 11) is 1.42. The van der Waals surface area contributed by atoms with Gasteiger partial charge < -0.3 is 14.2 Å². The number of esters is 1. The van der Waals surface area contributed by atoms with Gasteiger partial charge in [0, 0.05) is 26.2 Å². The van der Waals surface area contributed by atoms with Gasteiger partial charge in [-0.1, -0.05) is 18.2 Å². The zero-order valence-corrected chi connectivity index (χ0v) is 14.1. The third-order valence-corrected chi connectivity index (χ3v) is 4.10. The van der Waals surface area contributed by atoms with E-state index in [9.17, 15) is 4.79 Å². The summed E-state index contributed by atoms with van der Waals surface area (Å²) in [6.45, 7) is 5.76. The molecule has 1 aromatic carbocycles. The van der Waals surface area contributed by atoms with Crippen LogP contribution < -0.4 is 4.74 Å². The molecule has 0 saturated carbocycles. The van der Waals surface area contributed by atoms with Gasteiger partial charge in [-0.15, -0.1) is 0 Å². The molecule has 1 aliphatic heterocycles. The Kier molecular flexibility index (Phi) is 7.36. The van der Waals surface area contributed by atoms with E-state index in [2.05, 4.69) is 4.90 Å². The number of aryl methyl sites for hydroxylation is 1. The molecule has 1 aliphatic rings. The Labute approximate surface area is 138 Å². The lowest BCUT2D eigenvalue weighted by molar-refractivity contribution is -0.141. The number of hydrogen-bond donors (Lipinski definition) is 0. The smallest absolute Gasteiger partial charge is 0.306 e. The van der Waals surface area contributed by atoms with Crippen molar-refractivity contribution in [1.29, 1.82) is 0 Å². The predicted molar refractivity (Wildman–Crippen MR) is 88.7 cm³/mol. The predicted octanol–water partition coefficient (Wildman–Crippen LogP) is 2.42. The lowest BCUT2D eigenvalue weighted by Gasteiger charge is -2.25. The third kappa shape index (κ3) is 6.20. The van der Waals surface area contributed by atoms with Crippen LogP contribution in [0.3, 0.4) is 0 Å². The van der Waals surface area contributed by atoms with Gasteiger partial charge in [-0.25, -0.2) is 0 Å². The van der Waals surface area contributed by atoms with Gasteiger partial charge in [0.2, 0.25) is 0 Å². The average Bonchev–Trinajstić information content (AvgIpc) is 3.06. The molecule has 0 spiro atoms. The van der Waals surface area contributed by atoms with Gasteiger partial charge in [0.1, 0.15) is 12.4 Å². The van der Waals surface area contributed by atoms with E-state index in [0.717, 1.165) is 43.9 Å². The molecule has 0 N–H and O–H groups in total. The van der Waals surface area contributed by atoms with E-state index in [1.807, 2.05) is 31.2 Å². The number of benzene rings is 1. The molecule has 1 aromatic rings. The SMILES string of the molecule is COC(=O)CCN(CCOc1ccccc1C)CC1CCCO1. The fraction of sp³-hybridized carbons (Fsp3) is 0.611. The minimum Gasteiger partial charge on any atom is -0.492 e. The highest BCUT2D eigenvalue weighted by atomic mass is 16.5. The number of nitrogens with zero attached hydrogens (tertiary/aromatic N) is 1. The molecule has 1 atom stereocenters. The maximum atomic E-state index is 11.4. The fourth-order valence-electron chi connectivity index (χ4n) is 2.73. The van der Waals surface area contributed by atoms with Crippen LogP contribution in [-0.2, 0) is 14.3 Å². The van der Waals surface area contributed by atoms with Crippen molar-refractivity contribution in [2.75, 3.05) is 40.0 Å². The second kappa shape index (κ2) is 9.53. The maximum Gasteiger partial charge on any atom is 0.306 e. The van der Waals surface area contributed by atoms with Crippen LogP contribution in [0.2, 0.25) is 0 Å². The fourth-order valence-corrected chi connectivity index (χ4v) is 2.73. The maximum absolute atomic E-state index is 11.4. The second-order valence-corrected chi connectivity index (χ2v) is 5.88. The molecule has 0 bridgehead atoms. The summed E-state index contributed by atoms with van der Waals surface area (Å²) < 4.78 is 16.3. The van der Waals surface area contributed by atoms with Crippen molar-refractivity contribution in [3.63, 3.8) is 0 Å². The Morgan fingerprint density at radius 2 is 2.17 bits per heavy atom. The monoisotopic (exact) mass is 321 g/mol. The molecule has 0 aliphatic carbocycles. The van der Waals surface area contributed by atoms with Crippen molar-refractivity contribution >= 4 is 5.97 Å². The first kappa shape index (κ1) is 17.8. The quantitative estimate of drug-likeness (QED) is 0.654. The normalized spacial score (nSPS) is 17.4. The second-order valence-electron chi connectivity index (χ2n) is 5.88. The van der Waals surface area contributed by atoms with E-state index < -0.39 is 0 Å². The number of methoxy groups -OCH3 is 1. The topological polar surface area (TPSA) is 48.0 Å². The molecule has 128 valence electrons. The molecule has 1 unspecified atom stereocenters. The standard InChI is InChI=1S/C18H27NO4/c1-15-6-3-4-8-17(15)23-13-11-19(10-9-18(20)21-2)14-16-7-5-12-22-16/h3-4,6,8,16H,5,7,9-14H2,1-2H3. The Balaban J connectivity index is 1.80. The highest BCUT2D eigenvalue weighted by molar-refractivity contribution is 5.69. The molecule has 1 fully saturated rings. The van der Waals surface area contributed by atoms with Crippen LogP contribution in [0.1, 0.15) is 24.8 Å². The van der Waals surface area contributed by atoms with Gasteiger partial charge in [0.15, 0.2) is 0 Å². The van der Waals surface area contributed by atoms with Crippen LogP contribution in [0.25, 0.3) is 0 Å². The Morgan fingerprint density at radius 3 is 2.87 bits per heavy atom. The molecule has 0 radical (unpaired) electrons. The Bertz CT molecular complexity index is 486. The van der Waals surface area contributed by atoms with E-state index in [0.29, 0.717) is 19.6 Å². The summed E-state index contributed by atoms with van der Waals surface area (Å²) in [6, 6.07) is 8.00. The van der Waals surface area contributed by atoms with Crippen molar-refractivity contribution in [2.45, 2.75) is 32.3 Å². The number of carbonyl (C=O) groups is 1. The zero-order valence-electron chi connectivity index (χ0n) is 14.1. The molecule has 23 heavy (non-hydrogen) atoms. The van der Waals surface area contributed by atoms with Gasteiger partial charge >= 0.3 is 5.97 Å². The molecule has 1 saturated heterocycles. The Hall–Kier alpha value is -1.59. The Morgan fingerprint density at radius 1 is 1.35 bits per heavy atom. The summed E-state index contributed by atoms with van der Waals surface area (Å²) in [4.78, 5) is 13.6. The minimum atomic E-state index is -0.179. The van der Waals surface area contributed by atoms with Crippen LogP contribution in [0.5, 0.6) is 5.75 Å². The number of carbonyl (C=O) groups excluding carboxylic acids is 1. The van der Waals surface area contributed by atoms with E-state index in [-0.39, 0.29) is 12.1 Å². The van der Waals surface area contributed by atoms with Gasteiger partial charge in [0.25, 0.3) is 0 Å². The molecule has 0 amide bonds. The molecule has 0 aromatic heterocycles. The molecule has 2 rings (SSSR count). The van der Waals surface area contributed by atoms with E-state index in [1.165, 1.54) is 7.11 Å². The van der Waals surface area contributed by atoms with Crippen molar-refractivity contribution in [1.82, 2.24) is 4.90 Å². The molecule has 1 heterocycles. The first-order chi connectivity index (χ1) is 11.2. The van der Waals surface area contributed by atoms with Crippen LogP contribution in [0, 0.1) is 6.92 Å². The highest BCUT2D eigenvalue weighted by Crippen LogP contribution is 2.17. The number of hydrogen-bond acceptors (Lipinski definition) is 5. The van der Waals surface area contributed by atoms with Crippen LogP contribution in [0.15, 0.2) is 24.3 Å². The zero-order chi connectivity index (χ0) is 16.5. The summed E-state index contributed by atoms with van der Waals surface area (Å²) in [5, 5.41) is 0. The van der Waals surface area contributed by atoms with Crippen molar-refractivity contribution in [2.24, 2.45) is 0 Å². The van der Waals surface area contributed by atoms with Gasteiger partial charge in [-0.3, -0.25) is 9.69 Å². The minimum absolute atomic E-state index is 0.179. The van der Waals surface area contributed by atoms with Crippen LogP contribution >= 0.6 is 0 Å². The lowest BCUT2D eigenvalue weighted by Crippen LogP contribution is -2.37. The summed E-state index contributed by atoms with van der Waals surface area (Å²) in [5.41, 5.74) is 1.13. The van der Waals surface area contributed by atoms with Crippen molar-refractivity contribution < 1.29 is 19.0 Å². The average molecular weight is 321 g/mol. The molecule has 5 heteroatoms. The third-order valence-electron chi connectivity index (χ3n) is 4.10. The van der Waals surface area contributed by atoms with Crippen LogP contribution in [0.4, 0.5) is 0 Å². The van der Waals surface area contributed by atoms with Gasteiger partial charge in [0.05, 0.1) is 19.6 Å². The first-order valence-electron chi connectivity index (χ1n) is 8.28. The summed E-state index contributed by atoms with van der Waals surface area (Å²) in [5.74, 6) is 0.736. The van der Waals surface area contributed by atoms with Gasteiger partial charge in [-0.2, -0.15) is 0 Å². The largest absolute Gasteiger partial charge is 0.492 e. The molecular formula is C18H27NO4. The summed E-state index contributed by atoms with van der Waals surface area (Å²) >= 11 is 0. The molecule has 5 nitrogen and oxygen atoms in total. The molecular weight excluding hydrogens is 294 g/mol. The van der Waals surface area contributed by atoms with E-state index >= 15 is 0 Å². The van der Waals surface area contributed by atoms with Crippen LogP contribution in [-0.4, -0.2) is 56.9 Å². The first-order valence-corrected chi connectivity index (χ1v) is 8.28. The summed E-state index contributed by atoms with van der Waals surface area (Å²) in [6.07, 6.45) is 2.88. The van der Waals surface area contributed by atoms with Gasteiger partial charge in [-0.05, 0) is 31.4 Å². The van der Waals surface area contributed by atoms with E-state index in [1.54, 1.807) is 0 Å². The van der Waals surface area contributed by atoms with Crippen molar-refractivity contribution in [3.8, 4) is 5.75 Å². The number of para-hydroxylation sites is 1. The lowest BCUT2D eigenvalue weighted by atomic mass is 10.2. The number of rotatable bonds is 9.